The maximum Gasteiger partial charge on any atom is 0.303 e. The Kier molecular flexibility index (Phi) is 5.19. The third-order valence-corrected chi connectivity index (χ3v) is 4.22. The highest BCUT2D eigenvalue weighted by molar-refractivity contribution is 6.30. The number of halogens is 1. The molecule has 0 unspecified atom stereocenters. The quantitative estimate of drug-likeness (QED) is 0.847. The summed E-state index contributed by atoms with van der Waals surface area (Å²) in [5, 5.41) is 15.2. The average Bonchev–Trinajstić information content (AvgIpc) is 3.24. The highest BCUT2D eigenvalue weighted by Crippen LogP contribution is 2.34. The van der Waals surface area contributed by atoms with Crippen LogP contribution in [0.15, 0.2) is 52.2 Å². The first-order chi connectivity index (χ1) is 12.0. The zero-order valence-corrected chi connectivity index (χ0v) is 14.1. The van der Waals surface area contributed by atoms with Crippen LogP contribution in [0.2, 0.25) is 5.02 Å². The molecule has 2 heterocycles. The van der Waals surface area contributed by atoms with Gasteiger partial charge in [0.2, 0.25) is 5.91 Å². The Morgan fingerprint density at radius 2 is 2.12 bits per heavy atom. The van der Waals surface area contributed by atoms with Crippen molar-refractivity contribution in [3.8, 4) is 0 Å². The Bertz CT molecular complexity index is 801. The van der Waals surface area contributed by atoms with Crippen LogP contribution in [-0.4, -0.2) is 27.7 Å². The first-order valence-electron chi connectivity index (χ1n) is 7.95. The van der Waals surface area contributed by atoms with Crippen molar-refractivity contribution >= 4 is 29.2 Å². The topological polar surface area (TPSA) is 83.1 Å². The summed E-state index contributed by atoms with van der Waals surface area (Å²) in [4.78, 5) is 23.2. The second-order valence-electron chi connectivity index (χ2n) is 5.78. The lowest BCUT2D eigenvalue weighted by Gasteiger charge is -2.22. The minimum atomic E-state index is -0.916. The Balaban J connectivity index is 1.83. The van der Waals surface area contributed by atoms with Crippen molar-refractivity contribution in [2.75, 3.05) is 0 Å². The molecule has 0 aliphatic carbocycles. The summed E-state index contributed by atoms with van der Waals surface area (Å²) in [5.74, 6) is -0.513. The molecular weight excluding hydrogens is 344 g/mol. The van der Waals surface area contributed by atoms with Crippen molar-refractivity contribution in [2.24, 2.45) is 5.10 Å². The van der Waals surface area contributed by atoms with E-state index in [0.29, 0.717) is 22.9 Å². The predicted octanol–water partition coefficient (Wildman–Crippen LogP) is 3.87. The van der Waals surface area contributed by atoms with E-state index in [9.17, 15) is 9.59 Å². The second-order valence-corrected chi connectivity index (χ2v) is 6.22. The van der Waals surface area contributed by atoms with E-state index >= 15 is 0 Å². The van der Waals surface area contributed by atoms with E-state index in [2.05, 4.69) is 5.10 Å². The van der Waals surface area contributed by atoms with Crippen LogP contribution >= 0.6 is 11.6 Å². The summed E-state index contributed by atoms with van der Waals surface area (Å²) in [5.41, 5.74) is 1.56. The van der Waals surface area contributed by atoms with E-state index in [1.807, 2.05) is 18.2 Å². The van der Waals surface area contributed by atoms with Crippen LogP contribution in [0, 0.1) is 0 Å². The maximum absolute atomic E-state index is 12.6. The minimum Gasteiger partial charge on any atom is -0.481 e. The number of hydrogen-bond donors (Lipinski definition) is 1. The van der Waals surface area contributed by atoms with E-state index in [4.69, 9.17) is 21.1 Å². The molecule has 0 radical (unpaired) electrons. The Labute approximate surface area is 149 Å². The lowest BCUT2D eigenvalue weighted by atomic mass is 10.0. The van der Waals surface area contributed by atoms with Gasteiger partial charge < -0.3 is 9.52 Å². The Hall–Kier alpha value is -2.60. The molecule has 0 saturated heterocycles. The number of amides is 1. The summed E-state index contributed by atoms with van der Waals surface area (Å²) in [7, 11) is 0. The normalized spacial score (nSPS) is 16.8. The van der Waals surface area contributed by atoms with Crippen LogP contribution in [0.5, 0.6) is 0 Å². The maximum atomic E-state index is 12.6. The first-order valence-corrected chi connectivity index (χ1v) is 8.33. The lowest BCUT2D eigenvalue weighted by Crippen LogP contribution is -2.27. The van der Waals surface area contributed by atoms with Crippen LogP contribution in [0.3, 0.4) is 0 Å². The SMILES string of the molecule is O=C(O)CCCC(=O)N1N=C(c2ccco2)C[C@@H]1c1cccc(Cl)c1. The molecule has 25 heavy (non-hydrogen) atoms. The smallest absolute Gasteiger partial charge is 0.303 e. The third kappa shape index (κ3) is 4.09. The molecule has 1 aromatic carbocycles. The van der Waals surface area contributed by atoms with E-state index < -0.39 is 5.97 Å². The fourth-order valence-electron chi connectivity index (χ4n) is 2.81. The fraction of sp³-hybridized carbons (Fsp3) is 0.278. The van der Waals surface area contributed by atoms with Crippen molar-refractivity contribution < 1.29 is 19.1 Å². The molecule has 0 fully saturated rings. The molecule has 0 spiro atoms. The Morgan fingerprint density at radius 3 is 2.80 bits per heavy atom. The van der Waals surface area contributed by atoms with Gasteiger partial charge in [0, 0.05) is 24.3 Å². The number of hydrazone groups is 1. The van der Waals surface area contributed by atoms with Gasteiger partial charge in [0.15, 0.2) is 0 Å². The number of hydrogen-bond acceptors (Lipinski definition) is 4. The molecule has 0 bridgehead atoms. The number of rotatable bonds is 6. The molecule has 1 amide bonds. The van der Waals surface area contributed by atoms with Gasteiger partial charge in [-0.25, -0.2) is 5.01 Å². The van der Waals surface area contributed by atoms with Gasteiger partial charge in [0.05, 0.1) is 12.3 Å². The molecule has 1 N–H and O–H groups in total. The van der Waals surface area contributed by atoms with Gasteiger partial charge >= 0.3 is 5.97 Å². The molecule has 1 aliphatic heterocycles. The van der Waals surface area contributed by atoms with Crippen molar-refractivity contribution in [3.63, 3.8) is 0 Å². The minimum absolute atomic E-state index is 0.0455. The van der Waals surface area contributed by atoms with Gasteiger partial charge in [-0.15, -0.1) is 0 Å². The zero-order chi connectivity index (χ0) is 17.8. The van der Waals surface area contributed by atoms with Gasteiger partial charge in [-0.2, -0.15) is 5.10 Å². The van der Waals surface area contributed by atoms with Gasteiger partial charge in [-0.3, -0.25) is 9.59 Å². The molecule has 0 saturated carbocycles. The van der Waals surface area contributed by atoms with E-state index in [1.54, 1.807) is 24.5 Å². The summed E-state index contributed by atoms with van der Waals surface area (Å²) in [6.07, 6.45) is 2.43. The largest absolute Gasteiger partial charge is 0.481 e. The number of carboxylic acids is 1. The standard InChI is InChI=1S/C18H17ClN2O4/c19-13-5-1-4-12(10-13)15-11-14(16-6-3-9-25-16)20-21(15)17(22)7-2-8-18(23)24/h1,3-6,9-10,15H,2,7-8,11H2,(H,23,24)/t15-/m1/s1. The summed E-state index contributed by atoms with van der Waals surface area (Å²) < 4.78 is 5.39. The van der Waals surface area contributed by atoms with Crippen molar-refractivity contribution in [3.05, 3.63) is 59.0 Å². The number of aliphatic carboxylic acids is 1. The zero-order valence-electron chi connectivity index (χ0n) is 13.4. The summed E-state index contributed by atoms with van der Waals surface area (Å²) >= 11 is 6.08. The number of carbonyl (C=O) groups excluding carboxylic acids is 1. The van der Waals surface area contributed by atoms with Crippen LogP contribution in [0.25, 0.3) is 0 Å². The first kappa shape index (κ1) is 17.2. The van der Waals surface area contributed by atoms with Gasteiger partial charge in [0.25, 0.3) is 0 Å². The van der Waals surface area contributed by atoms with Crippen LogP contribution in [0.4, 0.5) is 0 Å². The average molecular weight is 361 g/mol. The highest BCUT2D eigenvalue weighted by atomic mass is 35.5. The third-order valence-electron chi connectivity index (χ3n) is 3.99. The second kappa shape index (κ2) is 7.53. The molecular formula is C18H17ClN2O4. The summed E-state index contributed by atoms with van der Waals surface area (Å²) in [6, 6.07) is 10.6. The monoisotopic (exact) mass is 360 g/mol. The van der Waals surface area contributed by atoms with E-state index in [-0.39, 0.29) is 31.2 Å². The number of carboxylic acid groups (broad SMARTS) is 1. The molecule has 2 aromatic rings. The Morgan fingerprint density at radius 1 is 1.28 bits per heavy atom. The van der Waals surface area contributed by atoms with Crippen LogP contribution in [-0.2, 0) is 9.59 Å². The molecule has 3 rings (SSSR count). The van der Waals surface area contributed by atoms with Gasteiger partial charge in [0.1, 0.15) is 11.5 Å². The highest BCUT2D eigenvalue weighted by Gasteiger charge is 2.33. The van der Waals surface area contributed by atoms with Gasteiger partial charge in [-0.1, -0.05) is 23.7 Å². The molecule has 130 valence electrons. The molecule has 1 aromatic heterocycles. The number of carbonyl (C=O) groups is 2. The van der Waals surface area contributed by atoms with Crippen molar-refractivity contribution in [1.29, 1.82) is 0 Å². The van der Waals surface area contributed by atoms with Crippen LogP contribution < -0.4 is 0 Å². The van der Waals surface area contributed by atoms with Crippen molar-refractivity contribution in [1.82, 2.24) is 5.01 Å². The summed E-state index contributed by atoms with van der Waals surface area (Å²) in [6.45, 7) is 0. The van der Waals surface area contributed by atoms with Crippen molar-refractivity contribution in [2.45, 2.75) is 31.7 Å². The van der Waals surface area contributed by atoms with E-state index in [1.165, 1.54) is 5.01 Å². The lowest BCUT2D eigenvalue weighted by molar-refractivity contribution is -0.137. The number of benzene rings is 1. The molecule has 7 heteroatoms. The fourth-order valence-corrected chi connectivity index (χ4v) is 3.01. The number of furan rings is 1. The molecule has 1 atom stereocenters. The number of nitrogens with zero attached hydrogens (tertiary/aromatic N) is 2. The predicted molar refractivity (Wildman–Crippen MR) is 92.4 cm³/mol. The molecule has 1 aliphatic rings. The molecule has 6 nitrogen and oxygen atoms in total. The van der Waals surface area contributed by atoms with Crippen LogP contribution in [0.1, 0.15) is 43.0 Å². The van der Waals surface area contributed by atoms with Gasteiger partial charge in [-0.05, 0) is 36.2 Å². The van der Waals surface area contributed by atoms with E-state index in [0.717, 1.165) is 5.56 Å².